The average molecular weight is 448 g/mol. The maximum absolute atomic E-state index is 11.4. The van der Waals surface area contributed by atoms with E-state index in [2.05, 4.69) is 34.3 Å². The Labute approximate surface area is 194 Å². The van der Waals surface area contributed by atoms with Crippen molar-refractivity contribution in [1.82, 2.24) is 15.2 Å². The van der Waals surface area contributed by atoms with Crippen molar-refractivity contribution in [1.29, 1.82) is 0 Å². The number of aryl methyl sites for hydroxylation is 1. The lowest BCUT2D eigenvalue weighted by Crippen LogP contribution is -2.49. The molecule has 1 saturated carbocycles. The number of aromatic carboxylic acids is 1. The number of nitrogens with one attached hydrogen (secondary N) is 2. The van der Waals surface area contributed by atoms with Crippen LogP contribution in [0.2, 0.25) is 0 Å². The van der Waals surface area contributed by atoms with E-state index in [0.717, 1.165) is 37.2 Å². The Bertz CT molecular complexity index is 1130. The van der Waals surface area contributed by atoms with Crippen molar-refractivity contribution < 1.29 is 14.6 Å². The number of benzene rings is 2. The maximum atomic E-state index is 11.4. The first-order chi connectivity index (χ1) is 16.0. The zero-order valence-corrected chi connectivity index (χ0v) is 19.4. The van der Waals surface area contributed by atoms with Crippen LogP contribution < -0.4 is 10.1 Å². The Morgan fingerprint density at radius 1 is 1.18 bits per heavy atom. The fourth-order valence-corrected chi connectivity index (χ4v) is 5.44. The lowest BCUT2D eigenvalue weighted by atomic mass is 9.87. The van der Waals surface area contributed by atoms with Gasteiger partial charge in [-0.25, -0.2) is 4.79 Å². The van der Waals surface area contributed by atoms with Crippen molar-refractivity contribution in [2.24, 2.45) is 0 Å². The van der Waals surface area contributed by atoms with Gasteiger partial charge in [-0.05, 0) is 68.0 Å². The number of carboxylic acid groups (broad SMARTS) is 1. The highest BCUT2D eigenvalue weighted by atomic mass is 16.5. The molecule has 174 valence electrons. The molecular weight excluding hydrogens is 414 g/mol. The predicted octanol–water partition coefficient (Wildman–Crippen LogP) is 5.03. The van der Waals surface area contributed by atoms with Crippen LogP contribution in [-0.4, -0.2) is 46.7 Å². The highest BCUT2D eigenvalue weighted by molar-refractivity contribution is 5.88. The van der Waals surface area contributed by atoms with E-state index >= 15 is 0 Å². The van der Waals surface area contributed by atoms with Gasteiger partial charge in [-0.1, -0.05) is 18.6 Å². The van der Waals surface area contributed by atoms with Crippen molar-refractivity contribution in [3.05, 3.63) is 64.8 Å². The highest BCUT2D eigenvalue weighted by Gasteiger charge is 2.32. The zero-order valence-electron chi connectivity index (χ0n) is 19.4. The van der Waals surface area contributed by atoms with Crippen LogP contribution in [0.1, 0.15) is 65.2 Å². The molecular formula is C27H33N3O3. The van der Waals surface area contributed by atoms with Crippen molar-refractivity contribution in [3.63, 3.8) is 0 Å². The molecule has 0 spiro atoms. The van der Waals surface area contributed by atoms with E-state index in [9.17, 15) is 9.90 Å². The SMILES string of the molecule is COc1cc(C)c2[nH]ccc2c1CN1CC[C@@H](NC2CCC2)C[C@H]1c1ccc(C(=O)O)cc1. The molecule has 1 aliphatic heterocycles. The molecule has 3 aromatic rings. The Hall–Kier alpha value is -2.83. The summed E-state index contributed by atoms with van der Waals surface area (Å²) in [5, 5.41) is 14.4. The first-order valence-corrected chi connectivity index (χ1v) is 12.0. The predicted molar refractivity (Wildman–Crippen MR) is 130 cm³/mol. The maximum Gasteiger partial charge on any atom is 0.335 e. The molecule has 1 aromatic heterocycles. The molecule has 0 amide bonds. The molecule has 6 heteroatoms. The number of carboxylic acids is 1. The number of carbonyl (C=O) groups is 1. The quantitative estimate of drug-likeness (QED) is 0.473. The third-order valence-corrected chi connectivity index (χ3v) is 7.52. The van der Waals surface area contributed by atoms with Crippen LogP contribution >= 0.6 is 0 Å². The van der Waals surface area contributed by atoms with Gasteiger partial charge in [0.1, 0.15) is 5.75 Å². The molecule has 2 aliphatic rings. The topological polar surface area (TPSA) is 77.6 Å². The fourth-order valence-electron chi connectivity index (χ4n) is 5.44. The van der Waals surface area contributed by atoms with Crippen LogP contribution in [0.15, 0.2) is 42.6 Å². The minimum Gasteiger partial charge on any atom is -0.496 e. The summed E-state index contributed by atoms with van der Waals surface area (Å²) in [5.74, 6) is 0.0418. The van der Waals surface area contributed by atoms with Crippen LogP contribution in [0.3, 0.4) is 0 Å². The van der Waals surface area contributed by atoms with Crippen LogP contribution in [0, 0.1) is 6.92 Å². The van der Waals surface area contributed by atoms with Gasteiger partial charge in [0.05, 0.1) is 12.7 Å². The molecule has 2 heterocycles. The second-order valence-corrected chi connectivity index (χ2v) is 9.57. The van der Waals surface area contributed by atoms with Crippen LogP contribution in [0.4, 0.5) is 0 Å². The van der Waals surface area contributed by atoms with E-state index < -0.39 is 5.97 Å². The molecule has 1 saturated heterocycles. The summed E-state index contributed by atoms with van der Waals surface area (Å²) in [6, 6.07) is 13.1. The summed E-state index contributed by atoms with van der Waals surface area (Å²) in [5.41, 5.74) is 5.06. The number of nitrogens with zero attached hydrogens (tertiary/aromatic N) is 1. The van der Waals surface area contributed by atoms with Gasteiger partial charge in [0.25, 0.3) is 0 Å². The van der Waals surface area contributed by atoms with Crippen LogP contribution in [0.25, 0.3) is 10.9 Å². The second-order valence-electron chi connectivity index (χ2n) is 9.57. The number of rotatable bonds is 7. The third-order valence-electron chi connectivity index (χ3n) is 7.52. The summed E-state index contributed by atoms with van der Waals surface area (Å²) in [6.07, 6.45) is 8.03. The van der Waals surface area contributed by atoms with Gasteiger partial charge in [-0.15, -0.1) is 0 Å². The highest BCUT2D eigenvalue weighted by Crippen LogP contribution is 2.37. The Morgan fingerprint density at radius 2 is 1.97 bits per heavy atom. The first kappa shape index (κ1) is 22.0. The summed E-state index contributed by atoms with van der Waals surface area (Å²) < 4.78 is 5.81. The number of hydrogen-bond donors (Lipinski definition) is 3. The van der Waals surface area contributed by atoms with Crippen LogP contribution in [0.5, 0.6) is 5.75 Å². The number of ether oxygens (including phenoxy) is 1. The summed E-state index contributed by atoms with van der Waals surface area (Å²) in [6.45, 7) is 3.88. The largest absolute Gasteiger partial charge is 0.496 e. The van der Waals surface area contributed by atoms with E-state index in [-0.39, 0.29) is 6.04 Å². The number of methoxy groups -OCH3 is 1. The molecule has 5 rings (SSSR count). The normalized spacial score (nSPS) is 21.8. The number of fused-ring (bicyclic) bond motifs is 1. The van der Waals surface area contributed by atoms with E-state index in [0.29, 0.717) is 17.6 Å². The van der Waals surface area contributed by atoms with Gasteiger partial charge in [-0.2, -0.15) is 0 Å². The van der Waals surface area contributed by atoms with E-state index in [1.54, 1.807) is 19.2 Å². The molecule has 0 bridgehead atoms. The lowest BCUT2D eigenvalue weighted by Gasteiger charge is -2.42. The number of likely N-dealkylation sites (tertiary alicyclic amines) is 1. The zero-order chi connectivity index (χ0) is 22.9. The molecule has 0 unspecified atom stereocenters. The Kier molecular flexibility index (Phi) is 6.13. The van der Waals surface area contributed by atoms with Crippen LogP contribution in [-0.2, 0) is 6.54 Å². The minimum atomic E-state index is -0.884. The fraction of sp³-hybridized carbons (Fsp3) is 0.444. The minimum absolute atomic E-state index is 0.221. The Balaban J connectivity index is 1.46. The second kappa shape index (κ2) is 9.20. The summed E-state index contributed by atoms with van der Waals surface area (Å²) in [4.78, 5) is 17.3. The number of aromatic amines is 1. The number of piperidine rings is 1. The molecule has 6 nitrogen and oxygen atoms in total. The van der Waals surface area contributed by atoms with Crippen molar-refractivity contribution in [2.45, 2.75) is 63.7 Å². The van der Waals surface area contributed by atoms with Gasteiger partial charge >= 0.3 is 5.97 Å². The van der Waals surface area contributed by atoms with Crippen molar-refractivity contribution in [3.8, 4) is 5.75 Å². The standard InChI is InChI=1S/C27H33N3O3/c1-17-14-25(33-2)23(22-10-12-28-26(17)22)16-30-13-11-21(29-20-4-3-5-20)15-24(30)18-6-8-19(9-7-18)27(31)32/h6-10,12,14,20-21,24,28-29H,3-5,11,13,15-16H2,1-2H3,(H,31,32)/t21-,24+/m1/s1. The molecule has 3 N–H and O–H groups in total. The van der Waals surface area contributed by atoms with Gasteiger partial charge in [0.15, 0.2) is 0 Å². The monoisotopic (exact) mass is 447 g/mol. The number of hydrogen-bond acceptors (Lipinski definition) is 4. The van der Waals surface area contributed by atoms with Gasteiger partial charge in [0.2, 0.25) is 0 Å². The van der Waals surface area contributed by atoms with E-state index in [4.69, 9.17) is 4.74 Å². The molecule has 33 heavy (non-hydrogen) atoms. The van der Waals surface area contributed by atoms with Gasteiger partial charge in [0, 0.05) is 53.9 Å². The number of H-pyrrole nitrogens is 1. The Morgan fingerprint density at radius 3 is 2.64 bits per heavy atom. The molecule has 0 radical (unpaired) electrons. The summed E-state index contributed by atoms with van der Waals surface area (Å²) in [7, 11) is 1.74. The van der Waals surface area contributed by atoms with Crippen molar-refractivity contribution >= 4 is 16.9 Å². The molecule has 2 fully saturated rings. The van der Waals surface area contributed by atoms with Gasteiger partial charge in [-0.3, -0.25) is 4.90 Å². The molecule has 2 aromatic carbocycles. The lowest BCUT2D eigenvalue weighted by molar-refractivity contribution is 0.0696. The van der Waals surface area contributed by atoms with E-state index in [1.165, 1.54) is 41.3 Å². The first-order valence-electron chi connectivity index (χ1n) is 12.0. The number of aromatic nitrogens is 1. The molecule has 2 atom stereocenters. The smallest absolute Gasteiger partial charge is 0.335 e. The molecule has 1 aliphatic carbocycles. The van der Waals surface area contributed by atoms with E-state index in [1.807, 2.05) is 18.3 Å². The third kappa shape index (κ3) is 4.37. The average Bonchev–Trinajstić information content (AvgIpc) is 3.29. The summed E-state index contributed by atoms with van der Waals surface area (Å²) >= 11 is 0. The van der Waals surface area contributed by atoms with Gasteiger partial charge < -0.3 is 20.1 Å². The van der Waals surface area contributed by atoms with Crippen molar-refractivity contribution in [2.75, 3.05) is 13.7 Å².